The highest BCUT2D eigenvalue weighted by molar-refractivity contribution is 8.00. The largest absolute Gasteiger partial charge is 0.469 e. The van der Waals surface area contributed by atoms with Crippen LogP contribution in [0.15, 0.2) is 102 Å². The number of carbonyl (C=O) groups excluding carboxylic acids is 2. The van der Waals surface area contributed by atoms with Gasteiger partial charge in [0.05, 0.1) is 12.1 Å². The Morgan fingerprint density at radius 3 is 2.15 bits per heavy atom. The second-order valence-electron chi connectivity index (χ2n) is 10.5. The fraction of sp³-hybridized carbons (Fsp3) is 0.303. The van der Waals surface area contributed by atoms with Gasteiger partial charge in [-0.1, -0.05) is 91.0 Å². The van der Waals surface area contributed by atoms with Gasteiger partial charge in [0.2, 0.25) is 11.0 Å². The van der Waals surface area contributed by atoms with Gasteiger partial charge < -0.3 is 14.8 Å². The molecule has 0 bridgehead atoms. The summed E-state index contributed by atoms with van der Waals surface area (Å²) in [7, 11) is 0. The van der Waals surface area contributed by atoms with Gasteiger partial charge in [0, 0.05) is 19.0 Å². The monoisotopic (exact) mass is 584 g/mol. The minimum atomic E-state index is -0.593. The second-order valence-corrected chi connectivity index (χ2v) is 12.0. The molecular formula is C33H32N2O4S2. The van der Waals surface area contributed by atoms with Gasteiger partial charge >= 0.3 is 0 Å². The number of ether oxygens (including phenoxy) is 2. The first-order chi connectivity index (χ1) is 20.1. The number of thioether (sulfide) groups is 1. The summed E-state index contributed by atoms with van der Waals surface area (Å²) in [6.45, 7) is 1.37. The molecule has 0 aromatic heterocycles. The second kappa shape index (κ2) is 12.6. The maximum absolute atomic E-state index is 13.7. The summed E-state index contributed by atoms with van der Waals surface area (Å²) in [5.74, 6) is 0.678. The summed E-state index contributed by atoms with van der Waals surface area (Å²) in [6.07, 6.45) is 1.58. The third kappa shape index (κ3) is 5.96. The van der Waals surface area contributed by atoms with Crippen LogP contribution in [0.25, 0.3) is 0 Å². The Morgan fingerprint density at radius 1 is 0.951 bits per heavy atom. The van der Waals surface area contributed by atoms with Crippen LogP contribution in [-0.4, -0.2) is 52.1 Å². The van der Waals surface area contributed by atoms with E-state index in [2.05, 4.69) is 5.32 Å². The van der Waals surface area contributed by atoms with E-state index in [0.717, 1.165) is 40.9 Å². The molecule has 0 aliphatic carbocycles. The van der Waals surface area contributed by atoms with E-state index in [1.54, 1.807) is 16.7 Å². The van der Waals surface area contributed by atoms with Crippen LogP contribution < -0.4 is 5.32 Å². The molecule has 6 rings (SSSR count). The number of hydrogen-bond acceptors (Lipinski definition) is 6. The molecule has 8 heteroatoms. The Labute approximate surface area is 250 Å². The Kier molecular flexibility index (Phi) is 8.51. The topological polar surface area (TPSA) is 67.9 Å². The highest BCUT2D eigenvalue weighted by Crippen LogP contribution is 2.45. The first-order valence-corrected chi connectivity index (χ1v) is 15.5. The Morgan fingerprint density at radius 2 is 1.54 bits per heavy atom. The van der Waals surface area contributed by atoms with Gasteiger partial charge in [0.1, 0.15) is 17.5 Å². The molecule has 210 valence electrons. The summed E-state index contributed by atoms with van der Waals surface area (Å²) >= 11 is 7.71. The maximum Gasteiger partial charge on any atom is 0.253 e. The summed E-state index contributed by atoms with van der Waals surface area (Å²) in [5.41, 5.74) is 4.72. The van der Waals surface area contributed by atoms with Crippen LogP contribution in [0.5, 0.6) is 0 Å². The van der Waals surface area contributed by atoms with Crippen molar-refractivity contribution in [2.45, 2.75) is 36.8 Å². The van der Waals surface area contributed by atoms with Gasteiger partial charge in [0.15, 0.2) is 0 Å². The first-order valence-electron chi connectivity index (χ1n) is 14.0. The van der Waals surface area contributed by atoms with Crippen LogP contribution in [0, 0.1) is 5.92 Å². The zero-order valence-electron chi connectivity index (χ0n) is 22.6. The van der Waals surface area contributed by atoms with E-state index in [1.165, 1.54) is 0 Å². The number of carbonyl (C=O) groups is 2. The van der Waals surface area contributed by atoms with Gasteiger partial charge in [0.25, 0.3) is 5.91 Å². The van der Waals surface area contributed by atoms with Crippen molar-refractivity contribution in [2.75, 3.05) is 19.0 Å². The van der Waals surface area contributed by atoms with Gasteiger partial charge in [-0.15, -0.1) is 11.8 Å². The Hall–Kier alpha value is -3.46. The quantitative estimate of drug-likeness (QED) is 0.281. The third-order valence-corrected chi connectivity index (χ3v) is 9.45. The average Bonchev–Trinajstić information content (AvgIpc) is 3.03. The lowest BCUT2D eigenvalue weighted by Crippen LogP contribution is -2.70. The van der Waals surface area contributed by atoms with Gasteiger partial charge in [-0.05, 0) is 53.2 Å². The SMILES string of the molecule is O=C(Cc1ccccc1)NC1C(=O)N2C(C(=S)OC(c3ccccc3)c3ccccc3)=C(C3CCOCC3)CS[C@H]12. The van der Waals surface area contributed by atoms with E-state index in [1.807, 2.05) is 91.0 Å². The van der Waals surface area contributed by atoms with Gasteiger partial charge in [-0.3, -0.25) is 14.5 Å². The molecule has 3 aliphatic heterocycles. The number of fused-ring (bicyclic) bond motifs is 1. The zero-order chi connectivity index (χ0) is 28.2. The van der Waals surface area contributed by atoms with Crippen LogP contribution >= 0.6 is 24.0 Å². The lowest BCUT2D eigenvalue weighted by atomic mass is 9.89. The normalized spacial score (nSPS) is 20.8. The molecule has 0 radical (unpaired) electrons. The minimum absolute atomic E-state index is 0.148. The van der Waals surface area contributed by atoms with Crippen molar-refractivity contribution in [3.63, 3.8) is 0 Å². The van der Waals surface area contributed by atoms with Crippen LogP contribution in [0.3, 0.4) is 0 Å². The number of nitrogens with zero attached hydrogens (tertiary/aromatic N) is 1. The summed E-state index contributed by atoms with van der Waals surface area (Å²) in [5, 5.41) is 3.07. The molecule has 2 atom stereocenters. The lowest BCUT2D eigenvalue weighted by Gasteiger charge is -2.51. The molecule has 3 aromatic rings. The fourth-order valence-corrected chi connectivity index (χ4v) is 7.53. The number of rotatable bonds is 8. The molecule has 2 fully saturated rings. The highest BCUT2D eigenvalue weighted by atomic mass is 32.2. The molecule has 0 saturated carbocycles. The molecular weight excluding hydrogens is 553 g/mol. The zero-order valence-corrected chi connectivity index (χ0v) is 24.2. The predicted octanol–water partition coefficient (Wildman–Crippen LogP) is 5.44. The molecule has 1 unspecified atom stereocenters. The molecule has 0 spiro atoms. The number of nitrogens with one attached hydrogen (secondary N) is 1. The fourth-order valence-electron chi connectivity index (χ4n) is 5.74. The molecule has 6 nitrogen and oxygen atoms in total. The summed E-state index contributed by atoms with van der Waals surface area (Å²) < 4.78 is 12.3. The van der Waals surface area contributed by atoms with Crippen molar-refractivity contribution in [3.8, 4) is 0 Å². The van der Waals surface area contributed by atoms with E-state index in [9.17, 15) is 9.59 Å². The molecule has 3 aromatic carbocycles. The van der Waals surface area contributed by atoms with E-state index in [-0.39, 0.29) is 29.5 Å². The van der Waals surface area contributed by atoms with E-state index in [0.29, 0.717) is 24.0 Å². The van der Waals surface area contributed by atoms with E-state index in [4.69, 9.17) is 21.7 Å². The third-order valence-electron chi connectivity index (χ3n) is 7.86. The highest BCUT2D eigenvalue weighted by Gasteiger charge is 2.54. The predicted molar refractivity (Wildman–Crippen MR) is 164 cm³/mol. The van der Waals surface area contributed by atoms with Gasteiger partial charge in [-0.25, -0.2) is 0 Å². The molecule has 3 heterocycles. The van der Waals surface area contributed by atoms with E-state index < -0.39 is 12.1 Å². The molecule has 1 N–H and O–H groups in total. The van der Waals surface area contributed by atoms with Gasteiger partial charge in [-0.2, -0.15) is 0 Å². The van der Waals surface area contributed by atoms with Crippen LogP contribution in [0.2, 0.25) is 0 Å². The Balaban J connectivity index is 1.27. The number of thiocarbonyl (C=S) groups is 1. The summed E-state index contributed by atoms with van der Waals surface area (Å²) in [6, 6.07) is 29.0. The average molecular weight is 585 g/mol. The van der Waals surface area contributed by atoms with Crippen molar-refractivity contribution in [2.24, 2.45) is 5.92 Å². The smallest absolute Gasteiger partial charge is 0.253 e. The van der Waals surface area contributed by atoms with Crippen molar-refractivity contribution >= 4 is 40.8 Å². The minimum Gasteiger partial charge on any atom is -0.469 e. The van der Waals surface area contributed by atoms with Crippen molar-refractivity contribution in [3.05, 3.63) is 119 Å². The number of hydrogen-bond donors (Lipinski definition) is 1. The van der Waals surface area contributed by atoms with Crippen LogP contribution in [0.1, 0.15) is 35.6 Å². The number of amides is 2. The maximum atomic E-state index is 13.7. The lowest BCUT2D eigenvalue weighted by molar-refractivity contribution is -0.145. The summed E-state index contributed by atoms with van der Waals surface area (Å²) in [4.78, 5) is 28.3. The number of benzene rings is 3. The first kappa shape index (κ1) is 27.7. The molecule has 2 amide bonds. The van der Waals surface area contributed by atoms with Crippen molar-refractivity contribution in [1.82, 2.24) is 10.2 Å². The number of β-lactam (4-membered cyclic amide) rings is 1. The molecule has 3 aliphatic rings. The van der Waals surface area contributed by atoms with Crippen molar-refractivity contribution in [1.29, 1.82) is 0 Å². The van der Waals surface area contributed by atoms with Crippen molar-refractivity contribution < 1.29 is 19.1 Å². The van der Waals surface area contributed by atoms with Crippen LogP contribution in [0.4, 0.5) is 0 Å². The Bertz CT molecular complexity index is 1390. The standard InChI is InChI=1S/C33H32N2O4S2/c36-27(20-22-10-4-1-5-11-22)34-28-31(37)35-29(26(21-41-32(28)35)23-16-18-38-19-17-23)33(40)39-30(24-12-6-2-7-13-24)25-14-8-3-9-15-25/h1-15,23,28,30,32H,16-21H2,(H,34,36)/t28?,32-/m1/s1. The van der Waals surface area contributed by atoms with E-state index >= 15 is 0 Å². The molecule has 2 saturated heterocycles. The molecule has 41 heavy (non-hydrogen) atoms. The van der Waals surface area contributed by atoms with Crippen LogP contribution in [-0.2, 0) is 25.5 Å².